The van der Waals surface area contributed by atoms with E-state index in [1.165, 1.54) is 43.4 Å². The van der Waals surface area contributed by atoms with Gasteiger partial charge in [-0.15, -0.1) is 0 Å². The summed E-state index contributed by atoms with van der Waals surface area (Å²) in [7, 11) is 0. The molecule has 256 valence electrons. The number of rotatable bonds is 5. The quantitative estimate of drug-likeness (QED) is 0.167. The van der Waals surface area contributed by atoms with E-state index in [-0.39, 0.29) is 0 Å². The summed E-state index contributed by atoms with van der Waals surface area (Å²) in [4.78, 5) is 10.6. The van der Waals surface area contributed by atoms with Crippen molar-refractivity contribution < 1.29 is 0 Å². The van der Waals surface area contributed by atoms with Gasteiger partial charge in [-0.2, -0.15) is 0 Å². The van der Waals surface area contributed by atoms with Crippen molar-refractivity contribution in [1.82, 2.24) is 14.5 Å². The Morgan fingerprint density at radius 1 is 0.309 bits per heavy atom. The van der Waals surface area contributed by atoms with E-state index in [4.69, 9.17) is 9.97 Å². The number of fused-ring (bicyclic) bond motifs is 9. The highest BCUT2D eigenvalue weighted by Gasteiger charge is 2.21. The van der Waals surface area contributed by atoms with Crippen LogP contribution in [0.3, 0.4) is 0 Å². The van der Waals surface area contributed by atoms with Crippen molar-refractivity contribution in [2.75, 3.05) is 0 Å². The Hall–Kier alpha value is -7.36. The summed E-state index contributed by atoms with van der Waals surface area (Å²) in [6.07, 6.45) is 0. The van der Waals surface area contributed by atoms with Gasteiger partial charge < -0.3 is 4.57 Å². The molecule has 11 rings (SSSR count). The van der Waals surface area contributed by atoms with Gasteiger partial charge in [-0.05, 0) is 91.0 Å². The van der Waals surface area contributed by atoms with E-state index in [1.54, 1.807) is 0 Å². The molecule has 0 spiro atoms. The predicted octanol–water partition coefficient (Wildman–Crippen LogP) is 13.7. The van der Waals surface area contributed by atoms with Gasteiger partial charge in [-0.1, -0.05) is 164 Å². The molecular weight excluding hydrogens is 667 g/mol. The highest BCUT2D eigenvalue weighted by Crippen LogP contribution is 2.40. The van der Waals surface area contributed by atoms with Crippen molar-refractivity contribution in [2.24, 2.45) is 0 Å². The standard InChI is InChI=1S/C52H33N3/c1-3-15-34(16-4-1)52-53-49(51-50(54-52)46-27-11-12-28-48(46)55(51)40-21-5-2-6-22-40)39-20-14-19-37(32-39)35-17-13-18-36(31-35)38-29-30-45-43-25-8-7-23-41(43)42-24-9-10-26-44(42)47(45)33-38/h1-33H. The van der Waals surface area contributed by atoms with E-state index < -0.39 is 0 Å². The minimum Gasteiger partial charge on any atom is -0.306 e. The normalized spacial score (nSPS) is 11.6. The molecule has 0 unspecified atom stereocenters. The first-order valence-corrected chi connectivity index (χ1v) is 18.7. The Bertz CT molecular complexity index is 3220. The highest BCUT2D eigenvalue weighted by atomic mass is 15.0. The van der Waals surface area contributed by atoms with Gasteiger partial charge in [0.05, 0.1) is 16.7 Å². The molecule has 2 heterocycles. The van der Waals surface area contributed by atoms with Gasteiger partial charge in [0.25, 0.3) is 0 Å². The molecule has 11 aromatic rings. The molecule has 9 aromatic carbocycles. The van der Waals surface area contributed by atoms with Gasteiger partial charge >= 0.3 is 0 Å². The van der Waals surface area contributed by atoms with Crippen LogP contribution in [-0.2, 0) is 0 Å². The zero-order chi connectivity index (χ0) is 36.3. The second-order valence-corrected chi connectivity index (χ2v) is 14.2. The molecule has 0 saturated heterocycles. The van der Waals surface area contributed by atoms with Crippen LogP contribution in [0, 0.1) is 0 Å². The number of nitrogens with zero attached hydrogens (tertiary/aromatic N) is 3. The van der Waals surface area contributed by atoms with E-state index >= 15 is 0 Å². The first kappa shape index (κ1) is 31.2. The van der Waals surface area contributed by atoms with E-state index in [0.29, 0.717) is 5.82 Å². The SMILES string of the molecule is c1ccc(-c2nc(-c3cccc(-c4cccc(-c5ccc6c7ccccc7c7ccccc7c6c5)c4)c3)c3c(n2)c2ccccc2n3-c2ccccc2)cc1. The maximum absolute atomic E-state index is 5.37. The van der Waals surface area contributed by atoms with Crippen molar-refractivity contribution in [1.29, 1.82) is 0 Å². The molecule has 0 atom stereocenters. The lowest BCUT2D eigenvalue weighted by Crippen LogP contribution is -1.99. The monoisotopic (exact) mass is 699 g/mol. The van der Waals surface area contributed by atoms with Crippen molar-refractivity contribution in [3.05, 3.63) is 200 Å². The van der Waals surface area contributed by atoms with Crippen molar-refractivity contribution in [3.8, 4) is 50.6 Å². The fourth-order valence-corrected chi connectivity index (χ4v) is 8.42. The lowest BCUT2D eigenvalue weighted by molar-refractivity contribution is 1.15. The van der Waals surface area contributed by atoms with E-state index in [2.05, 4.69) is 187 Å². The number of para-hydroxylation sites is 2. The van der Waals surface area contributed by atoms with Crippen LogP contribution in [0.25, 0.3) is 105 Å². The van der Waals surface area contributed by atoms with Gasteiger partial charge in [0.2, 0.25) is 0 Å². The number of aromatic nitrogens is 3. The largest absolute Gasteiger partial charge is 0.306 e. The molecule has 2 aromatic heterocycles. The van der Waals surface area contributed by atoms with Crippen LogP contribution in [0.2, 0.25) is 0 Å². The molecule has 0 radical (unpaired) electrons. The van der Waals surface area contributed by atoms with Crippen LogP contribution < -0.4 is 0 Å². The summed E-state index contributed by atoms with van der Waals surface area (Å²) < 4.78 is 2.31. The summed E-state index contributed by atoms with van der Waals surface area (Å²) >= 11 is 0. The van der Waals surface area contributed by atoms with Crippen LogP contribution in [0.15, 0.2) is 200 Å². The molecule has 0 aliphatic rings. The molecule has 0 aliphatic heterocycles. The average Bonchev–Trinajstić information content (AvgIpc) is 3.61. The third-order valence-corrected chi connectivity index (χ3v) is 11.0. The molecule has 0 aliphatic carbocycles. The Balaban J connectivity index is 1.09. The summed E-state index contributed by atoms with van der Waals surface area (Å²) in [5.41, 5.74) is 11.7. The van der Waals surface area contributed by atoms with Crippen LogP contribution in [-0.4, -0.2) is 14.5 Å². The second kappa shape index (κ2) is 12.6. The van der Waals surface area contributed by atoms with E-state index in [0.717, 1.165) is 55.6 Å². The molecule has 0 bridgehead atoms. The molecular formula is C52H33N3. The highest BCUT2D eigenvalue weighted by molar-refractivity contribution is 6.25. The van der Waals surface area contributed by atoms with Crippen LogP contribution in [0.1, 0.15) is 0 Å². The third kappa shape index (κ3) is 5.13. The minimum atomic E-state index is 0.711. The molecule has 55 heavy (non-hydrogen) atoms. The lowest BCUT2D eigenvalue weighted by Gasteiger charge is -2.14. The second-order valence-electron chi connectivity index (χ2n) is 14.2. The van der Waals surface area contributed by atoms with Crippen molar-refractivity contribution in [3.63, 3.8) is 0 Å². The maximum Gasteiger partial charge on any atom is 0.160 e. The minimum absolute atomic E-state index is 0.711. The Labute approximate surface area is 318 Å². The number of hydrogen-bond acceptors (Lipinski definition) is 2. The van der Waals surface area contributed by atoms with Crippen molar-refractivity contribution >= 4 is 54.3 Å². The molecule has 0 N–H and O–H groups in total. The fourth-order valence-electron chi connectivity index (χ4n) is 8.42. The van der Waals surface area contributed by atoms with Crippen LogP contribution in [0.5, 0.6) is 0 Å². The average molecular weight is 700 g/mol. The number of benzene rings is 9. The van der Waals surface area contributed by atoms with Gasteiger partial charge in [-0.25, -0.2) is 9.97 Å². The zero-order valence-electron chi connectivity index (χ0n) is 29.9. The smallest absolute Gasteiger partial charge is 0.160 e. The molecule has 0 fully saturated rings. The molecule has 0 amide bonds. The first-order valence-electron chi connectivity index (χ1n) is 18.7. The Morgan fingerprint density at radius 2 is 0.782 bits per heavy atom. The Kier molecular flexibility index (Phi) is 7.17. The first-order chi connectivity index (χ1) is 27.3. The zero-order valence-corrected chi connectivity index (χ0v) is 29.9. The maximum atomic E-state index is 5.37. The van der Waals surface area contributed by atoms with Gasteiger partial charge in [0.1, 0.15) is 5.52 Å². The van der Waals surface area contributed by atoms with Crippen LogP contribution in [0.4, 0.5) is 0 Å². The fraction of sp³-hybridized carbons (Fsp3) is 0. The summed E-state index contributed by atoms with van der Waals surface area (Å²) in [5.74, 6) is 0.711. The van der Waals surface area contributed by atoms with Gasteiger partial charge in [0.15, 0.2) is 5.82 Å². The summed E-state index contributed by atoms with van der Waals surface area (Å²) in [6.45, 7) is 0. The molecule has 3 nitrogen and oxygen atoms in total. The number of hydrogen-bond donors (Lipinski definition) is 0. The summed E-state index contributed by atoms with van der Waals surface area (Å²) in [6, 6.07) is 71.5. The van der Waals surface area contributed by atoms with E-state index in [9.17, 15) is 0 Å². The van der Waals surface area contributed by atoms with E-state index in [1.807, 2.05) is 18.2 Å². The summed E-state index contributed by atoms with van der Waals surface area (Å²) in [5, 5.41) is 8.79. The Morgan fingerprint density at radius 3 is 1.44 bits per heavy atom. The third-order valence-electron chi connectivity index (χ3n) is 11.0. The predicted molar refractivity (Wildman–Crippen MR) is 231 cm³/mol. The topological polar surface area (TPSA) is 30.7 Å². The lowest BCUT2D eigenvalue weighted by atomic mass is 9.91. The van der Waals surface area contributed by atoms with Crippen molar-refractivity contribution in [2.45, 2.75) is 0 Å². The molecule has 0 saturated carbocycles. The molecule has 3 heteroatoms. The van der Waals surface area contributed by atoms with Gasteiger partial charge in [-0.3, -0.25) is 0 Å². The van der Waals surface area contributed by atoms with Crippen LogP contribution >= 0.6 is 0 Å². The van der Waals surface area contributed by atoms with Gasteiger partial charge in [0, 0.05) is 22.2 Å².